The van der Waals surface area contributed by atoms with Crippen molar-refractivity contribution in [3.63, 3.8) is 0 Å². The number of nitrogens with two attached hydrogens (primary N) is 7. The summed E-state index contributed by atoms with van der Waals surface area (Å²) in [5.41, 5.74) is 38.9. The summed E-state index contributed by atoms with van der Waals surface area (Å²) in [6.45, 7) is 10.5. The Morgan fingerprint density at radius 1 is 0.485 bits per heavy atom. The minimum atomic E-state index is -1.80. The molecule has 13 atom stereocenters. The molecule has 40 heteroatoms. The summed E-state index contributed by atoms with van der Waals surface area (Å²) in [5, 5.41) is 42.7. The normalized spacial score (nSPS) is 14.8. The molecule has 0 aliphatic heterocycles. The van der Waals surface area contributed by atoms with Crippen LogP contribution in [0.5, 0.6) is 0 Å². The fourth-order valence-electron chi connectivity index (χ4n) is 8.89. The van der Waals surface area contributed by atoms with Gasteiger partial charge in [-0.25, -0.2) is 4.98 Å². The number of aliphatic hydroxyl groups is 1. The highest BCUT2D eigenvalue weighted by Crippen LogP contribution is 2.12. The van der Waals surface area contributed by atoms with Gasteiger partial charge in [0.25, 0.3) is 0 Å². The van der Waals surface area contributed by atoms with E-state index in [9.17, 15) is 72.2 Å². The van der Waals surface area contributed by atoms with Gasteiger partial charge in [-0.2, -0.15) is 0 Å². The van der Waals surface area contributed by atoms with Crippen molar-refractivity contribution in [2.24, 2.45) is 66.9 Å². The highest BCUT2D eigenvalue weighted by Gasteiger charge is 2.36. The first-order chi connectivity index (χ1) is 46.5. The van der Waals surface area contributed by atoms with Gasteiger partial charge in [-0.15, -0.1) is 0 Å². The van der Waals surface area contributed by atoms with Crippen molar-refractivity contribution in [2.45, 2.75) is 193 Å². The maximum atomic E-state index is 14.3. The highest BCUT2D eigenvalue weighted by atomic mass is 16.3. The summed E-state index contributed by atoms with van der Waals surface area (Å²) in [7, 11) is 1.38. The van der Waals surface area contributed by atoms with Crippen LogP contribution in [-0.4, -0.2) is 222 Å². The number of imidazole rings is 1. The molecule has 1 aromatic heterocycles. The van der Waals surface area contributed by atoms with E-state index >= 15 is 0 Å². The van der Waals surface area contributed by atoms with Crippen LogP contribution in [0.3, 0.4) is 0 Å². The lowest BCUT2D eigenvalue weighted by Gasteiger charge is -2.28. The average Bonchev–Trinajstić information content (AvgIpc) is 1.21. The number of aromatic amines is 1. The van der Waals surface area contributed by atoms with Crippen molar-refractivity contribution in [3.05, 3.63) is 24.6 Å². The molecule has 0 aliphatic rings. The molecule has 1 radical (unpaired) electrons. The topological polar surface area (TPSA) is 663 Å². The number of carbonyl (C=O) groups excluding carboxylic acids is 14. The highest BCUT2D eigenvalue weighted by molar-refractivity contribution is 5.99. The maximum Gasteiger partial charge on any atom is 0.245 e. The Kier molecular flexibility index (Phi) is 40.1. The zero-order chi connectivity index (χ0) is 75.1. The van der Waals surface area contributed by atoms with E-state index in [1.165, 1.54) is 46.8 Å². The Bertz CT molecular complexity index is 2950. The van der Waals surface area contributed by atoms with E-state index in [1.807, 2.05) is 13.8 Å². The maximum absolute atomic E-state index is 14.3. The Hall–Kier alpha value is -10.4. The van der Waals surface area contributed by atoms with E-state index in [-0.39, 0.29) is 88.4 Å². The fourth-order valence-corrected chi connectivity index (χ4v) is 8.89. The number of amides is 14. The molecule has 13 unspecified atom stereocenters. The standard InChI is InChI=1S/C59H104N25O15/c1-10-29(3)23-42(87)75-32(6)48(91)76-31(5)47(90)72-26-43(88)79-37(16-13-21-70-58(63)64)54(97)84-46(34(8)85)55(98)73-27-44(89)78-36(15-12-20-69-57(61)62)52(95)80-38(17-14-22-71-59(65)66)53(96)81-39(18-19-41(60)86)51(94)77-33(7)49(92)83-45(30(4)11-2)56(99)82-40(50(93)67-9)24-35-25-68-28-74-35/h23,25,28-34,36-40,45-46,85H,10-22,24,26-27H2,1-9H3,(H2,60,86)(H,67,93)(H,68,74)(H,72,90)(H,73,98)(H,75,87)(H,76,91)(H,77,94)(H,78,89)(H,79,88)(H,80,95)(H,81,96)(H,82,99)(H,83,92)(H,84,97)(H4,61,62,69)(H4,63,64,70)(H4,65,66,71). The van der Waals surface area contributed by atoms with E-state index in [2.05, 4.69) is 94.1 Å². The molecule has 0 fully saturated rings. The number of primary amides is 1. The smallest absolute Gasteiger partial charge is 0.245 e. The first-order valence-corrected chi connectivity index (χ1v) is 32.3. The van der Waals surface area contributed by atoms with Gasteiger partial charge in [-0.1, -0.05) is 40.5 Å². The number of hydrogen-bond donors (Lipinski definition) is 22. The summed E-state index contributed by atoms with van der Waals surface area (Å²) in [4.78, 5) is 206. The summed E-state index contributed by atoms with van der Waals surface area (Å²) in [6, 6.07) is -13.9. The second-order valence-corrected chi connectivity index (χ2v) is 23.4. The van der Waals surface area contributed by atoms with Crippen LogP contribution >= 0.6 is 0 Å². The third-order valence-corrected chi connectivity index (χ3v) is 15.0. The quantitative estimate of drug-likeness (QED) is 0.0164. The molecule has 99 heavy (non-hydrogen) atoms. The van der Waals surface area contributed by atoms with Crippen LogP contribution in [0.15, 0.2) is 27.5 Å². The number of aliphatic hydroxyl groups excluding tert-OH is 1. The Morgan fingerprint density at radius 2 is 0.899 bits per heavy atom. The zero-order valence-corrected chi connectivity index (χ0v) is 57.5. The molecule has 0 spiro atoms. The first-order valence-electron chi connectivity index (χ1n) is 32.3. The number of rotatable bonds is 47. The Morgan fingerprint density at radius 3 is 1.34 bits per heavy atom. The first kappa shape index (κ1) is 86.6. The zero-order valence-electron chi connectivity index (χ0n) is 57.5. The lowest BCUT2D eigenvalue weighted by molar-refractivity contribution is -0.136. The molecule has 1 aromatic rings. The monoisotopic (exact) mass is 1400 g/mol. The average molecular weight is 1400 g/mol. The number of nitrogens with one attached hydrogen (secondary N) is 14. The van der Waals surface area contributed by atoms with Gasteiger partial charge in [0.15, 0.2) is 17.9 Å². The van der Waals surface area contributed by atoms with Crippen LogP contribution < -0.4 is 109 Å². The summed E-state index contributed by atoms with van der Waals surface area (Å²) in [5.74, 6) is -13.5. The minimum Gasteiger partial charge on any atom is -0.391 e. The lowest BCUT2D eigenvalue weighted by atomic mass is 9.97. The number of H-pyrrole nitrogens is 1. The largest absolute Gasteiger partial charge is 0.391 e. The van der Waals surface area contributed by atoms with E-state index in [0.29, 0.717) is 18.5 Å². The number of aliphatic imine (C=N–C) groups is 3. The van der Waals surface area contributed by atoms with E-state index in [1.54, 1.807) is 13.8 Å². The van der Waals surface area contributed by atoms with Gasteiger partial charge in [0, 0.05) is 51.4 Å². The number of aromatic nitrogens is 2. The fraction of sp³-hybridized carbons (Fsp3) is 0.644. The number of hydrogen-bond acceptors (Lipinski definition) is 19. The number of guanidine groups is 3. The third kappa shape index (κ3) is 35.4. The van der Waals surface area contributed by atoms with Gasteiger partial charge in [-0.05, 0) is 84.5 Å². The summed E-state index contributed by atoms with van der Waals surface area (Å²) >= 11 is 0. The summed E-state index contributed by atoms with van der Waals surface area (Å²) < 4.78 is 0. The van der Waals surface area contributed by atoms with Crippen LogP contribution in [0, 0.1) is 18.3 Å². The predicted octanol–water partition coefficient (Wildman–Crippen LogP) is -9.06. The number of carbonyl (C=O) groups is 14. The van der Waals surface area contributed by atoms with Gasteiger partial charge in [0.1, 0.15) is 60.4 Å². The van der Waals surface area contributed by atoms with Crippen LogP contribution in [0.25, 0.3) is 0 Å². The number of likely N-dealkylation sites (N-methyl/N-ethyl adjacent to an activating group) is 1. The second kappa shape index (κ2) is 45.9. The lowest BCUT2D eigenvalue weighted by Crippen LogP contribution is -2.60. The Balaban J connectivity index is 3.41. The van der Waals surface area contributed by atoms with Crippen molar-refractivity contribution in [3.8, 4) is 0 Å². The van der Waals surface area contributed by atoms with E-state index in [4.69, 9.17) is 40.1 Å². The molecule has 0 bridgehead atoms. The molecule has 1 rings (SSSR count). The Labute approximate surface area is 574 Å². The predicted molar refractivity (Wildman–Crippen MR) is 362 cm³/mol. The van der Waals surface area contributed by atoms with Crippen molar-refractivity contribution in [1.29, 1.82) is 0 Å². The van der Waals surface area contributed by atoms with Crippen LogP contribution in [0.4, 0.5) is 0 Å². The van der Waals surface area contributed by atoms with E-state index in [0.717, 1.165) is 6.92 Å². The molecule has 1 heterocycles. The molecule has 0 saturated heterocycles. The molecule has 0 aromatic carbocycles. The van der Waals surface area contributed by atoms with Gasteiger partial charge < -0.3 is 119 Å². The molecule has 0 aliphatic carbocycles. The van der Waals surface area contributed by atoms with Crippen molar-refractivity contribution < 1.29 is 72.2 Å². The van der Waals surface area contributed by atoms with Gasteiger partial charge in [0.05, 0.1) is 31.9 Å². The molecule has 29 N–H and O–H groups in total. The van der Waals surface area contributed by atoms with Crippen LogP contribution in [0.1, 0.15) is 125 Å². The second-order valence-electron chi connectivity index (χ2n) is 23.4. The van der Waals surface area contributed by atoms with Crippen molar-refractivity contribution in [1.82, 2.24) is 79.1 Å². The van der Waals surface area contributed by atoms with Crippen molar-refractivity contribution >= 4 is 101 Å². The van der Waals surface area contributed by atoms with Gasteiger partial charge in [0.2, 0.25) is 82.7 Å². The molecule has 14 amide bonds. The summed E-state index contributed by atoms with van der Waals surface area (Å²) in [6.07, 6.45) is 2.36. The molecular weight excluding hydrogens is 1300 g/mol. The van der Waals surface area contributed by atoms with Crippen molar-refractivity contribution in [2.75, 3.05) is 39.8 Å². The molecule has 0 saturated carbocycles. The van der Waals surface area contributed by atoms with Gasteiger partial charge >= 0.3 is 0 Å². The van der Waals surface area contributed by atoms with Crippen LogP contribution in [-0.2, 0) is 73.5 Å². The molecule has 555 valence electrons. The molecular formula is C59H104N25O15. The van der Waals surface area contributed by atoms with Gasteiger partial charge in [-0.3, -0.25) is 82.1 Å². The minimum absolute atomic E-state index is 0.0190. The molecule has 40 nitrogen and oxygen atoms in total. The van der Waals surface area contributed by atoms with Crippen LogP contribution in [0.2, 0.25) is 0 Å². The SMILES string of the molecule is CCC(C)[CH]C(=O)NC(C)C(=O)NC(C)C(=O)NCC(=O)NC(CCCN=C(N)N)C(=O)NC(C(=O)NCC(=O)NC(CCCN=C(N)N)C(=O)NC(CCCN=C(N)N)C(=O)NC(CCC(N)=O)C(=O)NC(C)C(=O)NC(C(=O)NC(Cc1cnc[nH]1)C(=O)NC)C(C)CC)C(C)O. The number of nitrogens with zero attached hydrogens (tertiary/aromatic N) is 4. The third-order valence-electron chi connectivity index (χ3n) is 15.0. The van der Waals surface area contributed by atoms with E-state index < -0.39 is 181 Å².